The lowest BCUT2D eigenvalue weighted by molar-refractivity contribution is -0.00230. The van der Waals surface area contributed by atoms with Gasteiger partial charge in [0.25, 0.3) is 10.2 Å². The molecule has 2 atom stereocenters. The highest BCUT2D eigenvalue weighted by Gasteiger charge is 2.39. The Morgan fingerprint density at radius 2 is 1.89 bits per heavy atom. The molecule has 1 aromatic heterocycles. The van der Waals surface area contributed by atoms with E-state index in [0.29, 0.717) is 45.1 Å². The number of benzene rings is 1. The van der Waals surface area contributed by atoms with Crippen LogP contribution in [0.2, 0.25) is 0 Å². The van der Waals surface area contributed by atoms with E-state index >= 15 is 0 Å². The van der Waals surface area contributed by atoms with E-state index in [2.05, 4.69) is 19.8 Å². The molecule has 3 aliphatic rings. The molecule has 1 N–H and O–H groups in total. The molecule has 3 fully saturated rings. The summed E-state index contributed by atoms with van der Waals surface area (Å²) in [7, 11) is -3.59. The molecule has 2 aromatic rings. The first-order valence-electron chi connectivity index (χ1n) is 12.7. The third-order valence-corrected chi connectivity index (χ3v) is 9.45. The van der Waals surface area contributed by atoms with Gasteiger partial charge in [-0.1, -0.05) is 12.1 Å². The van der Waals surface area contributed by atoms with Crippen LogP contribution in [0.5, 0.6) is 0 Å². The minimum atomic E-state index is -3.59. The van der Waals surface area contributed by atoms with Crippen LogP contribution in [-0.4, -0.2) is 73.2 Å². The average Bonchev–Trinajstić information content (AvgIpc) is 2.87. The first kappa shape index (κ1) is 25.8. The summed E-state index contributed by atoms with van der Waals surface area (Å²) in [6, 6.07) is 10.4. The van der Waals surface area contributed by atoms with E-state index in [0.717, 1.165) is 37.1 Å². The summed E-state index contributed by atoms with van der Waals surface area (Å²) < 4.78 is 50.1. The summed E-state index contributed by atoms with van der Waals surface area (Å²) in [5.74, 6) is 0.907. The molecule has 2 saturated heterocycles. The van der Waals surface area contributed by atoms with Crippen molar-refractivity contribution >= 4 is 27.6 Å². The molecule has 8 nitrogen and oxygen atoms in total. The monoisotopic (exact) mass is 537 g/mol. The number of anilines is 1. The van der Waals surface area contributed by atoms with Crippen LogP contribution in [0, 0.1) is 11.7 Å². The normalized spacial score (nSPS) is 28.1. The van der Waals surface area contributed by atoms with E-state index in [9.17, 15) is 12.8 Å². The predicted octanol–water partition coefficient (Wildman–Crippen LogP) is 3.31. The Kier molecular flexibility index (Phi) is 8.07. The van der Waals surface area contributed by atoms with E-state index in [-0.39, 0.29) is 29.3 Å². The molecule has 0 amide bonds. The molecule has 1 aliphatic carbocycles. The molecule has 2 aliphatic heterocycles. The van der Waals surface area contributed by atoms with Crippen LogP contribution in [-0.2, 0) is 14.9 Å². The lowest BCUT2D eigenvalue weighted by atomic mass is 9.82. The highest BCUT2D eigenvalue weighted by Crippen LogP contribution is 2.35. The van der Waals surface area contributed by atoms with Crippen LogP contribution in [0.4, 0.5) is 10.2 Å². The zero-order chi connectivity index (χ0) is 25.1. The van der Waals surface area contributed by atoms with Gasteiger partial charge >= 0.3 is 0 Å². The van der Waals surface area contributed by atoms with Crippen LogP contribution in [0.3, 0.4) is 0 Å². The maximum Gasteiger partial charge on any atom is 0.279 e. The average molecular weight is 538 g/mol. The molecule has 0 radical (unpaired) electrons. The number of alkyl halides is 1. The second-order valence-electron chi connectivity index (χ2n) is 10.1. The summed E-state index contributed by atoms with van der Waals surface area (Å²) in [5, 5.41) is 8.10. The SMILES string of the molecule is O=S(=O)(N[C@H]1CCN(c2cccnn2)C[C@H]1CO[C@H]1CC[C@@H](c2cccc(F)c2)CC1)N1CC(Cl)C1. The first-order valence-corrected chi connectivity index (χ1v) is 14.6. The van der Waals surface area contributed by atoms with Gasteiger partial charge in [0.15, 0.2) is 5.82 Å². The van der Waals surface area contributed by atoms with Crippen molar-refractivity contribution in [2.45, 2.75) is 55.5 Å². The quantitative estimate of drug-likeness (QED) is 0.520. The number of nitrogens with zero attached hydrogens (tertiary/aromatic N) is 4. The van der Waals surface area contributed by atoms with Crippen molar-refractivity contribution in [1.29, 1.82) is 0 Å². The Hall–Kier alpha value is -1.85. The molecule has 196 valence electrons. The Morgan fingerprint density at radius 3 is 2.58 bits per heavy atom. The van der Waals surface area contributed by atoms with Gasteiger partial charge in [-0.3, -0.25) is 0 Å². The van der Waals surface area contributed by atoms with E-state index in [4.69, 9.17) is 16.3 Å². The summed E-state index contributed by atoms with van der Waals surface area (Å²) in [6.07, 6.45) is 6.12. The van der Waals surface area contributed by atoms with Crippen LogP contribution >= 0.6 is 11.6 Å². The maximum absolute atomic E-state index is 13.6. The van der Waals surface area contributed by atoms with Crippen molar-refractivity contribution in [3.05, 3.63) is 54.0 Å². The third-order valence-electron chi connectivity index (χ3n) is 7.60. The Balaban J connectivity index is 1.20. The molecule has 0 bridgehead atoms. The first-order chi connectivity index (χ1) is 17.4. The van der Waals surface area contributed by atoms with Gasteiger partial charge in [0.1, 0.15) is 5.82 Å². The minimum Gasteiger partial charge on any atom is -0.378 e. The van der Waals surface area contributed by atoms with Gasteiger partial charge in [-0.25, -0.2) is 4.39 Å². The van der Waals surface area contributed by atoms with Crippen molar-refractivity contribution in [3.63, 3.8) is 0 Å². The molecule has 11 heteroatoms. The van der Waals surface area contributed by atoms with E-state index in [1.807, 2.05) is 18.2 Å². The Labute approximate surface area is 217 Å². The van der Waals surface area contributed by atoms with Crippen molar-refractivity contribution < 1.29 is 17.5 Å². The number of nitrogens with one attached hydrogen (secondary N) is 1. The van der Waals surface area contributed by atoms with Gasteiger partial charge in [0.05, 0.1) is 18.1 Å². The van der Waals surface area contributed by atoms with Crippen LogP contribution in [0.1, 0.15) is 43.6 Å². The van der Waals surface area contributed by atoms with Crippen molar-refractivity contribution in [3.8, 4) is 0 Å². The van der Waals surface area contributed by atoms with Gasteiger partial charge in [-0.15, -0.1) is 16.7 Å². The number of hydrogen-bond donors (Lipinski definition) is 1. The fourth-order valence-corrected chi connectivity index (χ4v) is 7.55. The maximum atomic E-state index is 13.6. The zero-order valence-electron chi connectivity index (χ0n) is 20.2. The molecule has 36 heavy (non-hydrogen) atoms. The van der Waals surface area contributed by atoms with E-state index in [1.54, 1.807) is 18.3 Å². The second kappa shape index (κ2) is 11.3. The number of ether oxygens (including phenoxy) is 1. The largest absolute Gasteiger partial charge is 0.378 e. The summed E-state index contributed by atoms with van der Waals surface area (Å²) in [4.78, 5) is 2.14. The molecule has 0 unspecified atom stereocenters. The van der Waals surface area contributed by atoms with Gasteiger partial charge in [-0.2, -0.15) is 22.5 Å². The number of halogens is 2. The molecule has 0 spiro atoms. The number of hydrogen-bond acceptors (Lipinski definition) is 6. The molecular weight excluding hydrogens is 505 g/mol. The lowest BCUT2D eigenvalue weighted by Gasteiger charge is -2.42. The van der Waals surface area contributed by atoms with Crippen LogP contribution < -0.4 is 9.62 Å². The minimum absolute atomic E-state index is 0.0375. The Morgan fingerprint density at radius 1 is 1.08 bits per heavy atom. The third kappa shape index (κ3) is 6.16. The molecule has 5 rings (SSSR count). The van der Waals surface area contributed by atoms with Gasteiger partial charge in [0, 0.05) is 44.3 Å². The fourth-order valence-electron chi connectivity index (χ4n) is 5.46. The number of rotatable bonds is 8. The van der Waals surface area contributed by atoms with E-state index in [1.165, 1.54) is 10.4 Å². The highest BCUT2D eigenvalue weighted by atomic mass is 35.5. The number of aromatic nitrogens is 2. The van der Waals surface area contributed by atoms with Crippen LogP contribution in [0.15, 0.2) is 42.6 Å². The number of piperidine rings is 1. The summed E-state index contributed by atoms with van der Waals surface area (Å²) in [5.41, 5.74) is 1.06. The zero-order valence-corrected chi connectivity index (χ0v) is 21.7. The molecular formula is C25H33ClFN5O3S. The second-order valence-corrected chi connectivity index (χ2v) is 12.4. The predicted molar refractivity (Wildman–Crippen MR) is 137 cm³/mol. The molecule has 1 aromatic carbocycles. The fraction of sp³-hybridized carbons (Fsp3) is 0.600. The van der Waals surface area contributed by atoms with Gasteiger partial charge in [0.2, 0.25) is 0 Å². The van der Waals surface area contributed by atoms with Crippen molar-refractivity contribution in [1.82, 2.24) is 19.2 Å². The van der Waals surface area contributed by atoms with Crippen molar-refractivity contribution in [2.24, 2.45) is 5.92 Å². The van der Waals surface area contributed by atoms with Gasteiger partial charge < -0.3 is 9.64 Å². The van der Waals surface area contributed by atoms with Crippen molar-refractivity contribution in [2.75, 3.05) is 37.7 Å². The molecule has 3 heterocycles. The summed E-state index contributed by atoms with van der Waals surface area (Å²) in [6.45, 7) is 2.44. The Bertz CT molecular complexity index is 1110. The van der Waals surface area contributed by atoms with E-state index < -0.39 is 10.2 Å². The standard InChI is InChI=1S/C25H33ClFN5O3S/c26-21-15-32(16-21)36(33,34)30-24-10-12-31(25-5-2-11-28-29-25)14-20(24)17-35-23-8-6-18(7-9-23)19-3-1-4-22(27)13-19/h1-5,11,13,18,20-21,23-24,30H,6-10,12,14-17H2/t18-,20-,23+,24-/m0/s1. The summed E-state index contributed by atoms with van der Waals surface area (Å²) >= 11 is 6.01. The van der Waals surface area contributed by atoms with Gasteiger partial charge in [-0.05, 0) is 67.9 Å². The molecule has 1 saturated carbocycles. The lowest BCUT2D eigenvalue weighted by Crippen LogP contribution is -2.60. The highest BCUT2D eigenvalue weighted by molar-refractivity contribution is 7.87. The smallest absolute Gasteiger partial charge is 0.279 e. The van der Waals surface area contributed by atoms with Crippen LogP contribution in [0.25, 0.3) is 0 Å². The topological polar surface area (TPSA) is 87.7 Å².